The molecule has 1 fully saturated rings. The molecule has 0 amide bonds. The van der Waals surface area contributed by atoms with E-state index in [0.717, 1.165) is 36.4 Å². The molecule has 4 nitrogen and oxygen atoms in total. The summed E-state index contributed by atoms with van der Waals surface area (Å²) in [6.07, 6.45) is 2.28. The van der Waals surface area contributed by atoms with Gasteiger partial charge in [0.2, 0.25) is 0 Å². The van der Waals surface area contributed by atoms with Gasteiger partial charge in [-0.15, -0.1) is 0 Å². The van der Waals surface area contributed by atoms with Gasteiger partial charge < -0.3 is 19.7 Å². The predicted octanol–water partition coefficient (Wildman–Crippen LogP) is 4.21. The Bertz CT molecular complexity index is 716. The smallest absolute Gasteiger partial charge is 0.173 e. The van der Waals surface area contributed by atoms with E-state index in [1.54, 1.807) is 19.2 Å². The van der Waals surface area contributed by atoms with Gasteiger partial charge in [0, 0.05) is 25.4 Å². The van der Waals surface area contributed by atoms with Crippen molar-refractivity contribution in [1.29, 1.82) is 0 Å². The highest BCUT2D eigenvalue weighted by atomic mass is 32.1. The molecule has 1 aliphatic heterocycles. The number of anilines is 1. The van der Waals surface area contributed by atoms with Crippen molar-refractivity contribution in [3.63, 3.8) is 0 Å². The summed E-state index contributed by atoms with van der Waals surface area (Å²) in [5, 5.41) is 3.89. The largest absolute Gasteiger partial charge is 0.497 e. The molecule has 2 aromatic rings. The Balaban J connectivity index is 1.69. The van der Waals surface area contributed by atoms with Crippen molar-refractivity contribution < 1.29 is 13.9 Å². The molecule has 1 saturated heterocycles. The summed E-state index contributed by atoms with van der Waals surface area (Å²) in [5.41, 5.74) is 1.90. The maximum Gasteiger partial charge on any atom is 0.173 e. The van der Waals surface area contributed by atoms with E-state index < -0.39 is 0 Å². The number of nitrogens with one attached hydrogen (secondary N) is 1. The average Bonchev–Trinajstić information content (AvgIpc) is 3.17. The van der Waals surface area contributed by atoms with Crippen molar-refractivity contribution in [3.8, 4) is 5.75 Å². The molecular weight excluding hydrogens is 351 g/mol. The summed E-state index contributed by atoms with van der Waals surface area (Å²) in [6.45, 7) is 2.11. The van der Waals surface area contributed by atoms with Gasteiger partial charge >= 0.3 is 0 Å². The van der Waals surface area contributed by atoms with Gasteiger partial charge in [-0.1, -0.05) is 12.1 Å². The standard InChI is InChI=1S/C20H23FN2O2S/c1-24-18-10-8-17(9-11-18)22-20(26)23(14-19-3-2-12-25-19)13-15-4-6-16(21)7-5-15/h4-11,19H,2-3,12-14H2,1H3,(H,22,26). The molecule has 3 rings (SSSR count). The first-order valence-electron chi connectivity index (χ1n) is 8.70. The third-order valence-electron chi connectivity index (χ3n) is 4.36. The highest BCUT2D eigenvalue weighted by Gasteiger charge is 2.21. The molecule has 0 saturated carbocycles. The van der Waals surface area contributed by atoms with Crippen LogP contribution in [-0.4, -0.2) is 36.4 Å². The Labute approximate surface area is 158 Å². The Morgan fingerprint density at radius 2 is 1.96 bits per heavy atom. The van der Waals surface area contributed by atoms with Crippen molar-refractivity contribution in [2.45, 2.75) is 25.5 Å². The van der Waals surface area contributed by atoms with E-state index in [4.69, 9.17) is 21.7 Å². The summed E-state index contributed by atoms with van der Waals surface area (Å²) in [4.78, 5) is 2.07. The second-order valence-electron chi connectivity index (χ2n) is 6.30. The molecule has 1 heterocycles. The molecule has 1 unspecified atom stereocenters. The number of ether oxygens (including phenoxy) is 2. The number of halogens is 1. The van der Waals surface area contributed by atoms with E-state index >= 15 is 0 Å². The van der Waals surface area contributed by atoms with Crippen LogP contribution in [0.5, 0.6) is 5.75 Å². The van der Waals surface area contributed by atoms with Crippen LogP contribution in [0.25, 0.3) is 0 Å². The minimum atomic E-state index is -0.238. The zero-order chi connectivity index (χ0) is 18.4. The van der Waals surface area contributed by atoms with Crippen molar-refractivity contribution in [2.75, 3.05) is 25.6 Å². The average molecular weight is 374 g/mol. The molecule has 6 heteroatoms. The minimum Gasteiger partial charge on any atom is -0.497 e. The van der Waals surface area contributed by atoms with Crippen LogP contribution < -0.4 is 10.1 Å². The van der Waals surface area contributed by atoms with E-state index in [1.807, 2.05) is 24.3 Å². The molecular formula is C20H23FN2O2S. The normalized spacial score (nSPS) is 16.3. The van der Waals surface area contributed by atoms with Crippen LogP contribution >= 0.6 is 12.2 Å². The van der Waals surface area contributed by atoms with Gasteiger partial charge in [0.05, 0.1) is 13.2 Å². The number of benzene rings is 2. The fraction of sp³-hybridized carbons (Fsp3) is 0.350. The predicted molar refractivity (Wildman–Crippen MR) is 105 cm³/mol. The number of nitrogens with zero attached hydrogens (tertiary/aromatic N) is 1. The van der Waals surface area contributed by atoms with Crippen molar-refractivity contribution in [2.24, 2.45) is 0 Å². The summed E-state index contributed by atoms with van der Waals surface area (Å²) < 4.78 is 24.1. The minimum absolute atomic E-state index is 0.172. The van der Waals surface area contributed by atoms with E-state index in [9.17, 15) is 4.39 Å². The van der Waals surface area contributed by atoms with Crippen molar-refractivity contribution in [3.05, 3.63) is 59.9 Å². The third-order valence-corrected chi connectivity index (χ3v) is 4.72. The zero-order valence-electron chi connectivity index (χ0n) is 14.8. The Kier molecular flexibility index (Phi) is 6.41. The lowest BCUT2D eigenvalue weighted by atomic mass is 10.2. The van der Waals surface area contributed by atoms with E-state index in [-0.39, 0.29) is 11.9 Å². The van der Waals surface area contributed by atoms with Gasteiger partial charge in [-0.3, -0.25) is 0 Å². The molecule has 0 spiro atoms. The van der Waals surface area contributed by atoms with Crippen molar-refractivity contribution >= 4 is 23.0 Å². The molecule has 138 valence electrons. The molecule has 2 aromatic carbocycles. The van der Waals surface area contributed by atoms with E-state index in [0.29, 0.717) is 18.2 Å². The number of methoxy groups -OCH3 is 1. The van der Waals surface area contributed by atoms with Gasteiger partial charge in [-0.2, -0.15) is 0 Å². The zero-order valence-corrected chi connectivity index (χ0v) is 15.6. The Morgan fingerprint density at radius 1 is 1.23 bits per heavy atom. The monoisotopic (exact) mass is 374 g/mol. The summed E-state index contributed by atoms with van der Waals surface area (Å²) >= 11 is 5.63. The van der Waals surface area contributed by atoms with Crippen LogP contribution in [0.3, 0.4) is 0 Å². The maximum absolute atomic E-state index is 13.2. The van der Waals surface area contributed by atoms with Crippen LogP contribution in [0, 0.1) is 5.82 Å². The quantitative estimate of drug-likeness (QED) is 0.766. The maximum atomic E-state index is 13.2. The van der Waals surface area contributed by atoms with Gasteiger partial charge in [0.1, 0.15) is 11.6 Å². The molecule has 1 aliphatic rings. The lowest BCUT2D eigenvalue weighted by Crippen LogP contribution is -2.39. The fourth-order valence-corrected chi connectivity index (χ4v) is 3.20. The van der Waals surface area contributed by atoms with Crippen LogP contribution in [0.2, 0.25) is 0 Å². The second-order valence-corrected chi connectivity index (χ2v) is 6.69. The third kappa shape index (κ3) is 5.16. The first-order valence-corrected chi connectivity index (χ1v) is 9.11. The fourth-order valence-electron chi connectivity index (χ4n) is 2.94. The van der Waals surface area contributed by atoms with Gasteiger partial charge in [-0.05, 0) is 67.0 Å². The summed E-state index contributed by atoms with van der Waals surface area (Å²) in [5.74, 6) is 0.558. The summed E-state index contributed by atoms with van der Waals surface area (Å²) in [6, 6.07) is 14.1. The Morgan fingerprint density at radius 3 is 2.58 bits per heavy atom. The molecule has 0 radical (unpaired) electrons. The molecule has 1 atom stereocenters. The van der Waals surface area contributed by atoms with Crippen molar-refractivity contribution in [1.82, 2.24) is 4.90 Å². The molecule has 1 N–H and O–H groups in total. The number of thiocarbonyl (C=S) groups is 1. The van der Waals surface area contributed by atoms with Gasteiger partial charge in [0.25, 0.3) is 0 Å². The van der Waals surface area contributed by atoms with E-state index in [1.165, 1.54) is 12.1 Å². The molecule has 26 heavy (non-hydrogen) atoms. The topological polar surface area (TPSA) is 33.7 Å². The van der Waals surface area contributed by atoms with Gasteiger partial charge in [-0.25, -0.2) is 4.39 Å². The Hall–Kier alpha value is -2.18. The molecule has 0 aromatic heterocycles. The highest BCUT2D eigenvalue weighted by molar-refractivity contribution is 7.80. The lowest BCUT2D eigenvalue weighted by molar-refractivity contribution is 0.0905. The van der Waals surface area contributed by atoms with Gasteiger partial charge in [0.15, 0.2) is 5.11 Å². The highest BCUT2D eigenvalue weighted by Crippen LogP contribution is 2.19. The van der Waals surface area contributed by atoms with E-state index in [2.05, 4.69) is 10.2 Å². The van der Waals surface area contributed by atoms with Crippen LogP contribution in [0.4, 0.5) is 10.1 Å². The first kappa shape index (κ1) is 18.6. The number of rotatable bonds is 6. The molecule has 0 bridgehead atoms. The SMILES string of the molecule is COc1ccc(NC(=S)N(Cc2ccc(F)cc2)CC2CCCO2)cc1. The second kappa shape index (κ2) is 8.96. The number of hydrogen-bond acceptors (Lipinski definition) is 3. The molecule has 0 aliphatic carbocycles. The summed E-state index contributed by atoms with van der Waals surface area (Å²) in [7, 11) is 1.64. The van der Waals surface area contributed by atoms with Crippen LogP contribution in [0.1, 0.15) is 18.4 Å². The van der Waals surface area contributed by atoms with Crippen LogP contribution in [0.15, 0.2) is 48.5 Å². The number of hydrogen-bond donors (Lipinski definition) is 1. The lowest BCUT2D eigenvalue weighted by Gasteiger charge is -2.28. The van der Waals surface area contributed by atoms with Crippen LogP contribution in [-0.2, 0) is 11.3 Å². The first-order chi connectivity index (χ1) is 12.6.